The molecule has 3 rings (SSSR count). The van der Waals surface area contributed by atoms with Crippen LogP contribution < -0.4 is 4.74 Å². The van der Waals surface area contributed by atoms with Crippen molar-refractivity contribution in [1.29, 1.82) is 0 Å². The maximum Gasteiger partial charge on any atom is 0.367 e. The van der Waals surface area contributed by atoms with Gasteiger partial charge in [0.15, 0.2) is 6.61 Å². The molecule has 1 aromatic heterocycles. The fourth-order valence-electron chi connectivity index (χ4n) is 2.65. The fourth-order valence-corrected chi connectivity index (χ4v) is 3.54. The van der Waals surface area contributed by atoms with Gasteiger partial charge in [0.2, 0.25) is 5.01 Å². The zero-order chi connectivity index (χ0) is 16.9. The topological polar surface area (TPSA) is 68.7 Å². The fraction of sp³-hybridized carbons (Fsp3) is 0.471. The van der Waals surface area contributed by atoms with Crippen LogP contribution in [0, 0.1) is 0 Å². The van der Waals surface area contributed by atoms with Crippen LogP contribution in [-0.4, -0.2) is 48.1 Å². The smallest absolute Gasteiger partial charge is 0.367 e. The number of hydrogen-bond donors (Lipinski definition) is 0. The Morgan fingerprint density at radius 1 is 1.25 bits per heavy atom. The van der Waals surface area contributed by atoms with Gasteiger partial charge in [-0.25, -0.2) is 9.78 Å². The number of fused-ring (bicyclic) bond motifs is 1. The van der Waals surface area contributed by atoms with Crippen LogP contribution in [-0.2, 0) is 9.53 Å². The molecule has 0 atom stereocenters. The van der Waals surface area contributed by atoms with Gasteiger partial charge in [0.1, 0.15) is 5.75 Å². The number of rotatable bonds is 5. The van der Waals surface area contributed by atoms with E-state index in [1.807, 2.05) is 4.90 Å². The third kappa shape index (κ3) is 3.84. The molecule has 0 saturated carbocycles. The van der Waals surface area contributed by atoms with E-state index in [9.17, 15) is 9.59 Å². The lowest BCUT2D eigenvalue weighted by molar-refractivity contribution is -0.134. The van der Waals surface area contributed by atoms with Crippen LogP contribution in [0.4, 0.5) is 0 Å². The van der Waals surface area contributed by atoms with E-state index in [0.717, 1.165) is 36.1 Å². The van der Waals surface area contributed by atoms with Crippen LogP contribution in [0.2, 0.25) is 0 Å². The molecule has 0 unspecified atom stereocenters. The Labute approximate surface area is 144 Å². The van der Waals surface area contributed by atoms with Crippen molar-refractivity contribution in [2.75, 3.05) is 26.3 Å². The standard InChI is InChI=1S/C17H20N2O4S/c1-2-22-17(21)16-18-13-7-6-12(10-14(13)24-16)23-11-15(20)19-8-4-3-5-9-19/h6-7,10H,2-5,8-9,11H2,1H3. The van der Waals surface area contributed by atoms with Crippen molar-refractivity contribution >= 4 is 33.4 Å². The van der Waals surface area contributed by atoms with Crippen LogP contribution in [0.25, 0.3) is 10.2 Å². The number of aromatic nitrogens is 1. The number of amides is 1. The lowest BCUT2D eigenvalue weighted by Crippen LogP contribution is -2.38. The predicted molar refractivity (Wildman–Crippen MR) is 91.5 cm³/mol. The summed E-state index contributed by atoms with van der Waals surface area (Å²) in [6.07, 6.45) is 3.32. The molecule has 0 bridgehead atoms. The second-order valence-electron chi connectivity index (χ2n) is 5.60. The van der Waals surface area contributed by atoms with Gasteiger partial charge in [0.05, 0.1) is 16.8 Å². The highest BCUT2D eigenvalue weighted by Gasteiger charge is 2.17. The van der Waals surface area contributed by atoms with Gasteiger partial charge in [0, 0.05) is 13.1 Å². The molecule has 128 valence electrons. The van der Waals surface area contributed by atoms with Crippen molar-refractivity contribution in [3.8, 4) is 5.75 Å². The third-order valence-electron chi connectivity index (χ3n) is 3.88. The molecule has 0 N–H and O–H groups in total. The number of carbonyl (C=O) groups is 2. The lowest BCUT2D eigenvalue weighted by atomic mass is 10.1. The first kappa shape index (κ1) is 16.7. The van der Waals surface area contributed by atoms with Gasteiger partial charge >= 0.3 is 5.97 Å². The third-order valence-corrected chi connectivity index (χ3v) is 4.88. The van der Waals surface area contributed by atoms with Crippen LogP contribution >= 0.6 is 11.3 Å². The molecule has 2 aromatic rings. The Morgan fingerprint density at radius 3 is 2.79 bits per heavy atom. The molecule has 1 fully saturated rings. The Kier molecular flexibility index (Phi) is 5.30. The van der Waals surface area contributed by atoms with Crippen LogP contribution in [0.15, 0.2) is 18.2 Å². The summed E-state index contributed by atoms with van der Waals surface area (Å²) >= 11 is 1.26. The molecule has 0 radical (unpaired) electrons. The van der Waals surface area contributed by atoms with E-state index in [-0.39, 0.29) is 12.5 Å². The van der Waals surface area contributed by atoms with Gasteiger partial charge in [0.25, 0.3) is 5.91 Å². The summed E-state index contributed by atoms with van der Waals surface area (Å²) in [4.78, 5) is 30.0. The molecule has 1 amide bonds. The maximum atomic E-state index is 12.1. The predicted octanol–water partition coefficient (Wildman–Crippen LogP) is 2.86. The monoisotopic (exact) mass is 348 g/mol. The molecule has 1 aliphatic heterocycles. The maximum absolute atomic E-state index is 12.1. The van der Waals surface area contributed by atoms with Crippen molar-refractivity contribution in [2.24, 2.45) is 0 Å². The Hall–Kier alpha value is -2.15. The van der Waals surface area contributed by atoms with Crippen LogP contribution in [0.5, 0.6) is 5.75 Å². The first-order valence-electron chi connectivity index (χ1n) is 8.15. The normalized spacial score (nSPS) is 14.6. The summed E-state index contributed by atoms with van der Waals surface area (Å²) < 4.78 is 11.4. The van der Waals surface area contributed by atoms with E-state index < -0.39 is 5.97 Å². The molecule has 24 heavy (non-hydrogen) atoms. The number of esters is 1. The molecule has 7 heteroatoms. The first-order chi connectivity index (χ1) is 11.7. The average molecular weight is 348 g/mol. The minimum Gasteiger partial charge on any atom is -0.484 e. The second-order valence-corrected chi connectivity index (χ2v) is 6.63. The van der Waals surface area contributed by atoms with E-state index in [0.29, 0.717) is 17.4 Å². The number of benzene rings is 1. The summed E-state index contributed by atoms with van der Waals surface area (Å²) in [5, 5.41) is 0.327. The Morgan fingerprint density at radius 2 is 2.04 bits per heavy atom. The van der Waals surface area contributed by atoms with Gasteiger partial charge < -0.3 is 14.4 Å². The van der Waals surface area contributed by atoms with E-state index >= 15 is 0 Å². The van der Waals surface area contributed by atoms with E-state index in [1.54, 1.807) is 25.1 Å². The van der Waals surface area contributed by atoms with Crippen molar-refractivity contribution in [2.45, 2.75) is 26.2 Å². The van der Waals surface area contributed by atoms with E-state index in [4.69, 9.17) is 9.47 Å². The number of nitrogens with zero attached hydrogens (tertiary/aromatic N) is 2. The molecule has 1 aromatic carbocycles. The average Bonchev–Trinajstić information content (AvgIpc) is 3.04. The molecular weight excluding hydrogens is 328 g/mol. The largest absolute Gasteiger partial charge is 0.484 e. The van der Waals surface area contributed by atoms with Crippen molar-refractivity contribution in [3.05, 3.63) is 23.2 Å². The number of likely N-dealkylation sites (tertiary alicyclic amines) is 1. The van der Waals surface area contributed by atoms with Gasteiger partial charge in [-0.3, -0.25) is 4.79 Å². The lowest BCUT2D eigenvalue weighted by Gasteiger charge is -2.26. The highest BCUT2D eigenvalue weighted by Crippen LogP contribution is 2.27. The van der Waals surface area contributed by atoms with E-state index in [1.165, 1.54) is 17.8 Å². The molecule has 0 aliphatic carbocycles. The molecule has 1 saturated heterocycles. The highest BCUT2D eigenvalue weighted by atomic mass is 32.1. The van der Waals surface area contributed by atoms with Crippen molar-refractivity contribution < 1.29 is 19.1 Å². The zero-order valence-electron chi connectivity index (χ0n) is 13.6. The Balaban J connectivity index is 1.64. The summed E-state index contributed by atoms with van der Waals surface area (Å²) in [5.74, 6) is 0.208. The number of ether oxygens (including phenoxy) is 2. The zero-order valence-corrected chi connectivity index (χ0v) is 14.4. The minimum atomic E-state index is -0.415. The van der Waals surface area contributed by atoms with E-state index in [2.05, 4.69) is 4.98 Å². The SMILES string of the molecule is CCOC(=O)c1nc2ccc(OCC(=O)N3CCCCC3)cc2s1. The van der Waals surface area contributed by atoms with Gasteiger partial charge in [-0.2, -0.15) is 0 Å². The van der Waals surface area contributed by atoms with Crippen LogP contribution in [0.1, 0.15) is 36.0 Å². The first-order valence-corrected chi connectivity index (χ1v) is 8.97. The quantitative estimate of drug-likeness (QED) is 0.777. The van der Waals surface area contributed by atoms with Gasteiger partial charge in [-0.05, 0) is 44.4 Å². The highest BCUT2D eigenvalue weighted by molar-refractivity contribution is 7.20. The van der Waals surface area contributed by atoms with Gasteiger partial charge in [-0.1, -0.05) is 0 Å². The van der Waals surface area contributed by atoms with Crippen LogP contribution in [0.3, 0.4) is 0 Å². The number of piperidine rings is 1. The molecule has 1 aliphatic rings. The minimum absolute atomic E-state index is 0.0197. The summed E-state index contributed by atoms with van der Waals surface area (Å²) in [7, 11) is 0. The van der Waals surface area contributed by atoms with Gasteiger partial charge in [-0.15, -0.1) is 11.3 Å². The number of hydrogen-bond acceptors (Lipinski definition) is 6. The summed E-state index contributed by atoms with van der Waals surface area (Å²) in [6, 6.07) is 5.36. The summed E-state index contributed by atoms with van der Waals surface area (Å²) in [6.45, 7) is 3.76. The Bertz CT molecular complexity index is 737. The molecular formula is C17H20N2O4S. The second kappa shape index (κ2) is 7.61. The van der Waals surface area contributed by atoms with Crippen molar-refractivity contribution in [3.63, 3.8) is 0 Å². The number of carbonyl (C=O) groups excluding carboxylic acids is 2. The summed E-state index contributed by atoms with van der Waals surface area (Å²) in [5.41, 5.74) is 0.720. The van der Waals surface area contributed by atoms with Crippen molar-refractivity contribution in [1.82, 2.24) is 9.88 Å². The number of thiazole rings is 1. The molecule has 2 heterocycles. The molecule has 6 nitrogen and oxygen atoms in total. The molecule has 0 spiro atoms.